The highest BCUT2D eigenvalue weighted by molar-refractivity contribution is 5.85. The van der Waals surface area contributed by atoms with Gasteiger partial charge in [-0.15, -0.1) is 0 Å². The van der Waals surface area contributed by atoms with Gasteiger partial charge in [0.1, 0.15) is 17.5 Å². The molecule has 3 fully saturated rings. The number of aliphatic hydroxyl groups excluding tert-OH is 2. The second kappa shape index (κ2) is 19.7. The zero-order chi connectivity index (χ0) is 43.2. The number of phenolic OH excluding ortho intramolecular Hbond substituents is 1. The van der Waals surface area contributed by atoms with Crippen molar-refractivity contribution >= 4 is 28.2 Å². The van der Waals surface area contributed by atoms with Crippen LogP contribution in [0.1, 0.15) is 143 Å². The predicted octanol–water partition coefficient (Wildman–Crippen LogP) is 9.08. The molecule has 9 heteroatoms. The molecular formula is C53H65N3O6. The van der Waals surface area contributed by atoms with Gasteiger partial charge in [-0.25, -0.2) is 4.98 Å². The van der Waals surface area contributed by atoms with Gasteiger partial charge in [-0.1, -0.05) is 86.4 Å². The van der Waals surface area contributed by atoms with Crippen molar-refractivity contribution < 1.29 is 29.6 Å². The van der Waals surface area contributed by atoms with E-state index in [0.717, 1.165) is 58.7 Å². The van der Waals surface area contributed by atoms with E-state index in [1.807, 2.05) is 24.3 Å². The Morgan fingerprint density at radius 1 is 0.903 bits per heavy atom. The van der Waals surface area contributed by atoms with Gasteiger partial charge in [-0.2, -0.15) is 0 Å². The lowest BCUT2D eigenvalue weighted by Crippen LogP contribution is -2.63. The van der Waals surface area contributed by atoms with Crippen molar-refractivity contribution in [2.75, 3.05) is 12.8 Å². The summed E-state index contributed by atoms with van der Waals surface area (Å²) in [6.07, 6.45) is 15.2. The number of benzene rings is 3. The van der Waals surface area contributed by atoms with Crippen LogP contribution < -0.4 is 15.8 Å². The minimum atomic E-state index is -0.886. The van der Waals surface area contributed by atoms with Crippen LogP contribution in [0.2, 0.25) is 0 Å². The fourth-order valence-corrected chi connectivity index (χ4v) is 11.6. The third-order valence-corrected chi connectivity index (χ3v) is 15.0. The van der Waals surface area contributed by atoms with E-state index in [9.17, 15) is 24.9 Å². The number of fused-ring (bicyclic) bond motifs is 3. The van der Waals surface area contributed by atoms with Crippen LogP contribution in [0.5, 0.6) is 11.5 Å². The molecule has 3 aliphatic carbocycles. The average Bonchev–Trinajstić information content (AvgIpc) is 3.33. The Hall–Kier alpha value is -4.75. The summed E-state index contributed by atoms with van der Waals surface area (Å²) in [5, 5.41) is 40.8. The number of nitrogen functional groups attached to an aromatic ring is 1. The number of pyridine rings is 1. The topological polar surface area (TPSA) is 155 Å². The van der Waals surface area contributed by atoms with Gasteiger partial charge < -0.3 is 31.1 Å². The number of aryl methyl sites for hydroxylation is 1. The largest absolute Gasteiger partial charge is 0.504 e. The average molecular weight is 840 g/mol. The molecule has 0 amide bonds. The van der Waals surface area contributed by atoms with Crippen molar-refractivity contribution in [1.82, 2.24) is 10.3 Å². The van der Waals surface area contributed by atoms with Crippen molar-refractivity contribution in [2.45, 2.75) is 151 Å². The van der Waals surface area contributed by atoms with E-state index >= 15 is 0 Å². The molecule has 6 N–H and O–H groups in total. The number of carbonyl (C=O) groups excluding carboxylic acids is 2. The highest BCUT2D eigenvalue weighted by Crippen LogP contribution is 2.47. The summed E-state index contributed by atoms with van der Waals surface area (Å²) in [7, 11) is 1.51. The van der Waals surface area contributed by atoms with E-state index in [4.69, 9.17) is 10.5 Å². The van der Waals surface area contributed by atoms with E-state index in [0.29, 0.717) is 80.2 Å². The number of nitrogens with two attached hydrogens (primary N) is 1. The second-order valence-corrected chi connectivity index (χ2v) is 18.9. The third kappa shape index (κ3) is 10.0. The van der Waals surface area contributed by atoms with Crippen molar-refractivity contribution in [3.63, 3.8) is 0 Å². The maximum absolute atomic E-state index is 13.9. The van der Waals surface area contributed by atoms with Crippen molar-refractivity contribution in [3.8, 4) is 23.3 Å². The minimum Gasteiger partial charge on any atom is -0.504 e. The molecule has 1 spiro atoms. The maximum atomic E-state index is 13.9. The number of piperidine rings is 1. The van der Waals surface area contributed by atoms with E-state index in [1.54, 1.807) is 18.3 Å². The number of nitrogens with zero attached hydrogens (tertiary/aromatic N) is 1. The molecule has 9 nitrogen and oxygen atoms in total. The summed E-state index contributed by atoms with van der Waals surface area (Å²) in [6.45, 7) is 0. The molecule has 62 heavy (non-hydrogen) atoms. The number of hydrogen-bond acceptors (Lipinski definition) is 9. The van der Waals surface area contributed by atoms with Crippen LogP contribution in [0, 0.1) is 29.6 Å². The first-order valence-corrected chi connectivity index (χ1v) is 23.4. The number of carbonyl (C=O) groups is 2. The lowest BCUT2D eigenvalue weighted by molar-refractivity contribution is -0.124. The molecule has 8 atom stereocenters. The first kappa shape index (κ1) is 43.9. The monoisotopic (exact) mass is 839 g/mol. The molecule has 8 unspecified atom stereocenters. The number of Topliss-reactive ketones (excluding diaryl/α,β-unsaturated/α-hetero) is 2. The molecule has 1 aromatic heterocycles. The number of ether oxygens (including phenoxy) is 1. The maximum Gasteiger partial charge on any atom is 0.160 e. The van der Waals surface area contributed by atoms with Crippen LogP contribution in [0.15, 0.2) is 72.9 Å². The molecule has 1 aliphatic heterocycles. The number of nitrogens with one attached hydrogen (secondary N) is 1. The van der Waals surface area contributed by atoms with Crippen LogP contribution in [-0.2, 0) is 16.0 Å². The molecule has 4 aliphatic rings. The number of phenols is 1. The number of hydrogen-bond donors (Lipinski definition) is 5. The zero-order valence-electron chi connectivity index (χ0n) is 36.4. The number of unbranched alkanes of at least 4 members (excludes halogenated alkanes) is 1. The van der Waals surface area contributed by atoms with Crippen molar-refractivity contribution in [3.05, 3.63) is 95.2 Å². The molecular weight excluding hydrogens is 775 g/mol. The first-order chi connectivity index (χ1) is 30.1. The molecule has 3 aromatic carbocycles. The Bertz CT molecular complexity index is 2270. The van der Waals surface area contributed by atoms with Gasteiger partial charge in [0.05, 0.1) is 19.3 Å². The standard InChI is InChI=1S/C53H65N3O6/c1-62-51-29-38-18-22-49(60)44(48(59)12-6-5-11-41-28-40-16-20-43(58)32-47(40)56-53(41)24-7-2-8-25-53)21-17-35(46(38)33-50(51)61)15-19-42(57)31-45(39-23-26-55-52(54)30-39)37-14-13-34-9-3-4-10-36(34)27-37/h3-4,9-10,13-14,23,26-27,29-30,33,35,40-42,44-45,47-48,56-57,59,61H,2,5-8,11-12,15-16,18-20,22,24-25,28,31-32H2,1H3,(H2,54,55). The third-order valence-electron chi connectivity index (χ3n) is 15.0. The van der Waals surface area contributed by atoms with Crippen LogP contribution in [0.3, 0.4) is 0 Å². The van der Waals surface area contributed by atoms with E-state index in [1.165, 1.54) is 45.6 Å². The summed E-state index contributed by atoms with van der Waals surface area (Å²) in [5.74, 6) is 7.54. The Balaban J connectivity index is 0.964. The summed E-state index contributed by atoms with van der Waals surface area (Å²) < 4.78 is 5.48. The van der Waals surface area contributed by atoms with E-state index in [-0.39, 0.29) is 29.4 Å². The molecule has 328 valence electrons. The zero-order valence-corrected chi connectivity index (χ0v) is 36.4. The molecule has 8 rings (SSSR count). The normalized spacial score (nSPS) is 25.0. The summed E-state index contributed by atoms with van der Waals surface area (Å²) in [4.78, 5) is 30.5. The highest BCUT2D eigenvalue weighted by atomic mass is 16.5. The Kier molecular flexibility index (Phi) is 14.0. The van der Waals surface area contributed by atoms with Gasteiger partial charge in [0.25, 0.3) is 0 Å². The minimum absolute atomic E-state index is 0.00284. The van der Waals surface area contributed by atoms with Gasteiger partial charge in [-0.05, 0) is 133 Å². The van der Waals surface area contributed by atoms with Crippen LogP contribution in [0.4, 0.5) is 5.82 Å². The van der Waals surface area contributed by atoms with Crippen LogP contribution >= 0.6 is 0 Å². The van der Waals surface area contributed by atoms with Crippen LogP contribution in [0.25, 0.3) is 10.8 Å². The second-order valence-electron chi connectivity index (χ2n) is 18.9. The number of ketones is 2. The molecule has 0 radical (unpaired) electrons. The lowest BCUT2D eigenvalue weighted by atomic mass is 9.62. The number of anilines is 1. The molecule has 1 saturated heterocycles. The summed E-state index contributed by atoms with van der Waals surface area (Å²) in [6, 6.07) is 22.3. The number of aromatic nitrogens is 1. The van der Waals surface area contributed by atoms with Gasteiger partial charge >= 0.3 is 0 Å². The first-order valence-electron chi connectivity index (χ1n) is 23.4. The lowest BCUT2D eigenvalue weighted by Gasteiger charge is -2.54. The van der Waals surface area contributed by atoms with Crippen molar-refractivity contribution in [1.29, 1.82) is 0 Å². The number of methoxy groups -OCH3 is 1. The Morgan fingerprint density at radius 2 is 1.71 bits per heavy atom. The van der Waals surface area contributed by atoms with Gasteiger partial charge in [0.15, 0.2) is 17.3 Å². The fourth-order valence-electron chi connectivity index (χ4n) is 11.6. The quantitative estimate of drug-likeness (QED) is 0.0618. The highest BCUT2D eigenvalue weighted by Gasteiger charge is 2.48. The van der Waals surface area contributed by atoms with Crippen LogP contribution in [-0.4, -0.2) is 62.8 Å². The predicted molar refractivity (Wildman–Crippen MR) is 244 cm³/mol. The molecule has 2 saturated carbocycles. The molecule has 2 heterocycles. The molecule has 4 aromatic rings. The van der Waals surface area contributed by atoms with E-state index < -0.39 is 24.0 Å². The number of rotatable bonds is 14. The SMILES string of the molecule is COc1cc2c(cc1O)C(CCC(O)CC(c1ccnc(N)c1)c1ccc3ccccc3c1)C#CC(C(O)CCCCC1CC3CCC(=O)CC3NC13CCCCC3)C(=O)CC2. The molecule has 0 bridgehead atoms. The van der Waals surface area contributed by atoms with Gasteiger partial charge in [-0.3, -0.25) is 9.59 Å². The Morgan fingerprint density at radius 3 is 2.52 bits per heavy atom. The summed E-state index contributed by atoms with van der Waals surface area (Å²) in [5.41, 5.74) is 10.0. The van der Waals surface area contributed by atoms with Crippen molar-refractivity contribution in [2.24, 2.45) is 17.8 Å². The summed E-state index contributed by atoms with van der Waals surface area (Å²) >= 11 is 0. The fraction of sp³-hybridized carbons (Fsp3) is 0.528. The van der Waals surface area contributed by atoms with Gasteiger partial charge in [0, 0.05) is 48.9 Å². The number of aliphatic hydroxyl groups is 2. The smallest absolute Gasteiger partial charge is 0.160 e. The van der Waals surface area contributed by atoms with E-state index in [2.05, 4.69) is 52.5 Å². The number of aromatic hydroxyl groups is 1. The van der Waals surface area contributed by atoms with Gasteiger partial charge in [0.2, 0.25) is 0 Å². The Labute approximate surface area is 367 Å².